The predicted molar refractivity (Wildman–Crippen MR) is 105 cm³/mol. The molecule has 0 rings (SSSR count). The highest BCUT2D eigenvalue weighted by Gasteiger charge is 2.06. The summed E-state index contributed by atoms with van der Waals surface area (Å²) in [6.45, 7) is 8.82. The standard InChI is InChI=1S/C22H38O/c1-5-9-13-17-21(18-14-10-6-2)23-22(19-15-11-7-3)20-16-12-8-4/h13-22H,5-12H2,1-4H3. The molecular formula is C22H38O. The Morgan fingerprint density at radius 1 is 0.522 bits per heavy atom. The normalized spacial score (nSPS) is 15.5. The first-order valence-corrected chi connectivity index (χ1v) is 9.60. The van der Waals surface area contributed by atoms with E-state index in [1.54, 1.807) is 0 Å². The molecule has 0 unspecified atom stereocenters. The quantitative estimate of drug-likeness (QED) is 0.309. The van der Waals surface area contributed by atoms with Gasteiger partial charge >= 0.3 is 0 Å². The van der Waals surface area contributed by atoms with E-state index in [-0.39, 0.29) is 12.2 Å². The van der Waals surface area contributed by atoms with Crippen LogP contribution in [0.25, 0.3) is 0 Å². The predicted octanol–water partition coefficient (Wildman–Crippen LogP) is 7.17. The summed E-state index contributed by atoms with van der Waals surface area (Å²) in [5.41, 5.74) is 0. The van der Waals surface area contributed by atoms with Crippen molar-refractivity contribution >= 4 is 0 Å². The number of allylic oxidation sites excluding steroid dienone is 4. The van der Waals surface area contributed by atoms with Crippen LogP contribution in [-0.4, -0.2) is 12.2 Å². The molecule has 0 N–H and O–H groups in total. The second-order valence-electron chi connectivity index (χ2n) is 5.93. The Kier molecular flexibility index (Phi) is 16.5. The van der Waals surface area contributed by atoms with Crippen LogP contribution < -0.4 is 0 Å². The second-order valence-corrected chi connectivity index (χ2v) is 5.93. The van der Waals surface area contributed by atoms with Gasteiger partial charge in [0.15, 0.2) is 0 Å². The Bertz CT molecular complexity index is 283. The number of rotatable bonds is 14. The molecule has 0 aliphatic rings. The van der Waals surface area contributed by atoms with Gasteiger partial charge in [-0.3, -0.25) is 0 Å². The SMILES string of the molecule is CCCC=CC(C=CCCC)OC(C=CCCC)C=CCCC. The molecular weight excluding hydrogens is 280 g/mol. The van der Waals surface area contributed by atoms with Crippen LogP contribution in [0, 0.1) is 0 Å². The van der Waals surface area contributed by atoms with Gasteiger partial charge in [-0.25, -0.2) is 0 Å². The van der Waals surface area contributed by atoms with Crippen molar-refractivity contribution in [2.24, 2.45) is 0 Å². The first-order chi connectivity index (χ1) is 11.3. The van der Waals surface area contributed by atoms with E-state index < -0.39 is 0 Å². The molecule has 0 atom stereocenters. The molecule has 0 aliphatic carbocycles. The van der Waals surface area contributed by atoms with E-state index in [2.05, 4.69) is 76.3 Å². The molecule has 0 heterocycles. The molecule has 0 radical (unpaired) electrons. The monoisotopic (exact) mass is 318 g/mol. The van der Waals surface area contributed by atoms with Crippen molar-refractivity contribution in [3.05, 3.63) is 48.6 Å². The van der Waals surface area contributed by atoms with Crippen molar-refractivity contribution < 1.29 is 4.74 Å². The zero-order chi connectivity index (χ0) is 17.2. The van der Waals surface area contributed by atoms with Crippen LogP contribution in [0.15, 0.2) is 48.6 Å². The lowest BCUT2D eigenvalue weighted by atomic mass is 10.2. The van der Waals surface area contributed by atoms with Crippen molar-refractivity contribution in [1.82, 2.24) is 0 Å². The molecule has 0 amide bonds. The van der Waals surface area contributed by atoms with Gasteiger partial charge in [-0.2, -0.15) is 0 Å². The molecule has 23 heavy (non-hydrogen) atoms. The maximum atomic E-state index is 6.29. The first kappa shape index (κ1) is 21.9. The van der Waals surface area contributed by atoms with Crippen LogP contribution >= 0.6 is 0 Å². The Morgan fingerprint density at radius 2 is 0.783 bits per heavy atom. The molecule has 0 aromatic rings. The van der Waals surface area contributed by atoms with Gasteiger partial charge in [0, 0.05) is 0 Å². The fourth-order valence-corrected chi connectivity index (χ4v) is 2.08. The van der Waals surface area contributed by atoms with E-state index >= 15 is 0 Å². The zero-order valence-electron chi connectivity index (χ0n) is 15.8. The molecule has 0 saturated heterocycles. The van der Waals surface area contributed by atoms with Crippen LogP contribution in [-0.2, 0) is 4.74 Å². The summed E-state index contributed by atoms with van der Waals surface area (Å²) in [6, 6.07) is 0. The molecule has 0 bridgehead atoms. The van der Waals surface area contributed by atoms with Crippen LogP contribution in [0.2, 0.25) is 0 Å². The lowest BCUT2D eigenvalue weighted by molar-refractivity contribution is 0.0957. The molecule has 0 aromatic carbocycles. The molecule has 0 aliphatic heterocycles. The van der Waals surface area contributed by atoms with E-state index in [0.717, 1.165) is 25.7 Å². The smallest absolute Gasteiger partial charge is 0.0949 e. The average Bonchev–Trinajstić information content (AvgIpc) is 2.55. The van der Waals surface area contributed by atoms with E-state index in [1.807, 2.05) is 0 Å². The van der Waals surface area contributed by atoms with E-state index in [9.17, 15) is 0 Å². The second kappa shape index (κ2) is 17.3. The van der Waals surface area contributed by atoms with Crippen molar-refractivity contribution in [3.63, 3.8) is 0 Å². The highest BCUT2D eigenvalue weighted by Crippen LogP contribution is 2.09. The summed E-state index contributed by atoms with van der Waals surface area (Å²) in [7, 11) is 0. The van der Waals surface area contributed by atoms with Crippen LogP contribution in [0.3, 0.4) is 0 Å². The van der Waals surface area contributed by atoms with Crippen LogP contribution in [0.1, 0.15) is 79.1 Å². The Hall–Kier alpha value is -1.08. The summed E-state index contributed by atoms with van der Waals surface area (Å²) in [5, 5.41) is 0. The molecule has 132 valence electrons. The Morgan fingerprint density at radius 3 is 1.00 bits per heavy atom. The molecule has 0 fully saturated rings. The first-order valence-electron chi connectivity index (χ1n) is 9.60. The van der Waals surface area contributed by atoms with Crippen LogP contribution in [0.4, 0.5) is 0 Å². The minimum Gasteiger partial charge on any atom is -0.359 e. The lowest BCUT2D eigenvalue weighted by Gasteiger charge is -2.16. The highest BCUT2D eigenvalue weighted by molar-refractivity contribution is 5.08. The maximum absolute atomic E-state index is 6.29. The summed E-state index contributed by atoms with van der Waals surface area (Å²) in [6.07, 6.45) is 27.1. The molecule has 1 heteroatoms. The molecule has 0 saturated carbocycles. The molecule has 0 aromatic heterocycles. The Labute approximate surface area is 145 Å². The number of hydrogen-bond donors (Lipinski definition) is 0. The van der Waals surface area contributed by atoms with Crippen LogP contribution in [0.5, 0.6) is 0 Å². The third-order valence-corrected chi connectivity index (χ3v) is 3.44. The number of unbranched alkanes of at least 4 members (excludes halogenated alkanes) is 4. The minimum absolute atomic E-state index is 0.0654. The summed E-state index contributed by atoms with van der Waals surface area (Å²) in [5.74, 6) is 0. The zero-order valence-corrected chi connectivity index (χ0v) is 15.8. The van der Waals surface area contributed by atoms with Gasteiger partial charge in [0.2, 0.25) is 0 Å². The minimum atomic E-state index is 0.0654. The highest BCUT2D eigenvalue weighted by atomic mass is 16.5. The topological polar surface area (TPSA) is 9.23 Å². The van der Waals surface area contributed by atoms with Gasteiger partial charge in [0.05, 0.1) is 12.2 Å². The lowest BCUT2D eigenvalue weighted by Crippen LogP contribution is -2.15. The van der Waals surface area contributed by atoms with Gasteiger partial charge in [-0.1, -0.05) is 102 Å². The van der Waals surface area contributed by atoms with Gasteiger partial charge in [-0.15, -0.1) is 0 Å². The van der Waals surface area contributed by atoms with Crippen molar-refractivity contribution in [2.45, 2.75) is 91.3 Å². The van der Waals surface area contributed by atoms with E-state index in [0.29, 0.717) is 0 Å². The fraction of sp³-hybridized carbons (Fsp3) is 0.636. The molecule has 1 nitrogen and oxygen atoms in total. The third kappa shape index (κ3) is 14.3. The van der Waals surface area contributed by atoms with E-state index in [4.69, 9.17) is 4.74 Å². The third-order valence-electron chi connectivity index (χ3n) is 3.44. The van der Waals surface area contributed by atoms with Gasteiger partial charge in [0.25, 0.3) is 0 Å². The Balaban J connectivity index is 4.83. The fourth-order valence-electron chi connectivity index (χ4n) is 2.08. The number of hydrogen-bond acceptors (Lipinski definition) is 1. The van der Waals surface area contributed by atoms with Crippen molar-refractivity contribution in [2.75, 3.05) is 0 Å². The molecule has 0 spiro atoms. The van der Waals surface area contributed by atoms with Gasteiger partial charge in [0.1, 0.15) is 0 Å². The van der Waals surface area contributed by atoms with Crippen molar-refractivity contribution in [1.29, 1.82) is 0 Å². The maximum Gasteiger partial charge on any atom is 0.0949 e. The van der Waals surface area contributed by atoms with Gasteiger partial charge < -0.3 is 4.74 Å². The van der Waals surface area contributed by atoms with Crippen molar-refractivity contribution in [3.8, 4) is 0 Å². The van der Waals surface area contributed by atoms with E-state index in [1.165, 1.54) is 25.7 Å². The summed E-state index contributed by atoms with van der Waals surface area (Å²) < 4.78 is 6.29. The van der Waals surface area contributed by atoms with Gasteiger partial charge in [-0.05, 0) is 25.7 Å². The summed E-state index contributed by atoms with van der Waals surface area (Å²) in [4.78, 5) is 0. The number of ether oxygens (including phenoxy) is 1. The average molecular weight is 319 g/mol. The largest absolute Gasteiger partial charge is 0.359 e. The summed E-state index contributed by atoms with van der Waals surface area (Å²) >= 11 is 0.